The summed E-state index contributed by atoms with van der Waals surface area (Å²) in [4.78, 5) is 9.02. The van der Waals surface area contributed by atoms with Crippen LogP contribution in [0.3, 0.4) is 0 Å². The van der Waals surface area contributed by atoms with Crippen LogP contribution in [-0.2, 0) is 6.42 Å². The Balaban J connectivity index is 2.11. The number of anilines is 1. The fourth-order valence-corrected chi connectivity index (χ4v) is 2.70. The highest BCUT2D eigenvalue weighted by Crippen LogP contribution is 2.28. The van der Waals surface area contributed by atoms with Crippen LogP contribution in [0.25, 0.3) is 22.6 Å². The topological polar surface area (TPSA) is 64.9 Å². The molecule has 2 aromatic heterocycles. The number of rotatable bonds is 3. The molecule has 0 amide bonds. The minimum Gasteiger partial charge on any atom is -0.453 e. The molecule has 2 N–H and O–H groups in total. The Morgan fingerprint density at radius 2 is 2.00 bits per heavy atom. The molecule has 0 aliphatic heterocycles. The van der Waals surface area contributed by atoms with Crippen LogP contribution in [0, 0.1) is 9.49 Å². The van der Waals surface area contributed by atoms with Crippen molar-refractivity contribution < 1.29 is 4.42 Å². The Morgan fingerprint density at radius 1 is 1.24 bits per heavy atom. The number of benzene rings is 1. The molecule has 0 saturated heterocycles. The van der Waals surface area contributed by atoms with E-state index >= 15 is 0 Å². The first-order valence-electron chi connectivity index (χ1n) is 6.85. The van der Waals surface area contributed by atoms with Crippen LogP contribution < -0.4 is 5.73 Å². The second-order valence-electron chi connectivity index (χ2n) is 5.44. The SMILES string of the molecule is CC(C)Cc1nc(-c2cc3ccccc3o2)nc(N)c1I. The Bertz CT molecular complexity index is 762. The Morgan fingerprint density at radius 3 is 2.71 bits per heavy atom. The van der Waals surface area contributed by atoms with Crippen LogP contribution in [0.4, 0.5) is 5.82 Å². The van der Waals surface area contributed by atoms with E-state index in [2.05, 4.69) is 46.4 Å². The number of aromatic nitrogens is 2. The van der Waals surface area contributed by atoms with Crippen molar-refractivity contribution in [1.82, 2.24) is 9.97 Å². The van der Waals surface area contributed by atoms with Gasteiger partial charge >= 0.3 is 0 Å². The average Bonchev–Trinajstić information content (AvgIpc) is 2.87. The van der Waals surface area contributed by atoms with Gasteiger partial charge in [0, 0.05) is 5.39 Å². The number of furan rings is 1. The van der Waals surface area contributed by atoms with Gasteiger partial charge in [0.1, 0.15) is 11.4 Å². The molecular weight excluding hydrogens is 377 g/mol. The summed E-state index contributed by atoms with van der Waals surface area (Å²) in [6, 6.07) is 9.82. The second-order valence-corrected chi connectivity index (χ2v) is 6.52. The van der Waals surface area contributed by atoms with E-state index < -0.39 is 0 Å². The molecule has 4 nitrogen and oxygen atoms in total. The van der Waals surface area contributed by atoms with Crippen molar-refractivity contribution in [2.24, 2.45) is 5.92 Å². The van der Waals surface area contributed by atoms with Crippen LogP contribution in [-0.4, -0.2) is 9.97 Å². The van der Waals surface area contributed by atoms with Gasteiger partial charge in [-0.05, 0) is 47.1 Å². The number of hydrogen-bond acceptors (Lipinski definition) is 4. The fourth-order valence-electron chi connectivity index (χ4n) is 2.24. The lowest BCUT2D eigenvalue weighted by Crippen LogP contribution is -2.07. The monoisotopic (exact) mass is 393 g/mol. The van der Waals surface area contributed by atoms with Gasteiger partial charge < -0.3 is 10.2 Å². The first kappa shape index (κ1) is 14.3. The molecule has 3 aromatic rings. The van der Waals surface area contributed by atoms with Gasteiger partial charge in [-0.15, -0.1) is 0 Å². The van der Waals surface area contributed by atoms with Crippen LogP contribution >= 0.6 is 22.6 Å². The third kappa shape index (κ3) is 2.88. The third-order valence-electron chi connectivity index (χ3n) is 3.19. The minimum atomic E-state index is 0.510. The summed E-state index contributed by atoms with van der Waals surface area (Å²) in [6.45, 7) is 4.32. The van der Waals surface area contributed by atoms with Crippen molar-refractivity contribution in [3.8, 4) is 11.6 Å². The van der Waals surface area contributed by atoms with E-state index in [-0.39, 0.29) is 0 Å². The molecule has 0 aliphatic rings. The Kier molecular flexibility index (Phi) is 3.84. The second kappa shape index (κ2) is 5.63. The molecule has 1 aromatic carbocycles. The molecule has 0 saturated carbocycles. The molecule has 0 aliphatic carbocycles. The molecular formula is C16H16IN3O. The summed E-state index contributed by atoms with van der Waals surface area (Å²) >= 11 is 2.21. The van der Waals surface area contributed by atoms with Crippen LogP contribution in [0.2, 0.25) is 0 Å². The van der Waals surface area contributed by atoms with Crippen molar-refractivity contribution in [1.29, 1.82) is 0 Å². The predicted molar refractivity (Wildman–Crippen MR) is 92.9 cm³/mol. The summed E-state index contributed by atoms with van der Waals surface area (Å²) in [6.07, 6.45) is 0.873. The van der Waals surface area contributed by atoms with E-state index in [9.17, 15) is 0 Å². The van der Waals surface area contributed by atoms with Gasteiger partial charge in [0.15, 0.2) is 11.6 Å². The van der Waals surface area contributed by atoms with Gasteiger partial charge in [-0.25, -0.2) is 9.97 Å². The first-order valence-corrected chi connectivity index (χ1v) is 7.93. The molecule has 0 fully saturated rings. The molecule has 21 heavy (non-hydrogen) atoms. The quantitative estimate of drug-likeness (QED) is 0.675. The number of nitrogens with two attached hydrogens (primary N) is 1. The lowest BCUT2D eigenvalue weighted by Gasteiger charge is -2.09. The molecule has 3 rings (SSSR count). The van der Waals surface area contributed by atoms with Crippen molar-refractivity contribution in [2.45, 2.75) is 20.3 Å². The molecule has 5 heteroatoms. The molecule has 0 unspecified atom stereocenters. The number of nitrogens with zero attached hydrogens (tertiary/aromatic N) is 2. The summed E-state index contributed by atoms with van der Waals surface area (Å²) in [5, 5.41) is 1.04. The van der Waals surface area contributed by atoms with Crippen LogP contribution in [0.5, 0.6) is 0 Å². The van der Waals surface area contributed by atoms with E-state index in [1.807, 2.05) is 30.3 Å². The number of fused-ring (bicyclic) bond motifs is 1. The van der Waals surface area contributed by atoms with Crippen molar-refractivity contribution in [2.75, 3.05) is 5.73 Å². The van der Waals surface area contributed by atoms with E-state index in [4.69, 9.17) is 10.2 Å². The van der Waals surface area contributed by atoms with Gasteiger partial charge in [-0.1, -0.05) is 32.0 Å². The van der Waals surface area contributed by atoms with Gasteiger partial charge in [-0.3, -0.25) is 0 Å². The number of hydrogen-bond donors (Lipinski definition) is 1. The zero-order valence-corrected chi connectivity index (χ0v) is 14.1. The van der Waals surface area contributed by atoms with Crippen LogP contribution in [0.1, 0.15) is 19.5 Å². The highest BCUT2D eigenvalue weighted by molar-refractivity contribution is 14.1. The molecule has 0 spiro atoms. The molecule has 0 radical (unpaired) electrons. The van der Waals surface area contributed by atoms with E-state index in [0.717, 1.165) is 26.7 Å². The summed E-state index contributed by atoms with van der Waals surface area (Å²) in [5.41, 5.74) is 7.84. The summed E-state index contributed by atoms with van der Waals surface area (Å²) in [7, 11) is 0. The molecule has 0 bridgehead atoms. The van der Waals surface area contributed by atoms with Gasteiger partial charge in [0.05, 0.1) is 9.26 Å². The maximum absolute atomic E-state index is 6.03. The average molecular weight is 393 g/mol. The molecule has 0 atom stereocenters. The smallest absolute Gasteiger partial charge is 0.197 e. The summed E-state index contributed by atoms with van der Waals surface area (Å²) < 4.78 is 6.76. The van der Waals surface area contributed by atoms with Gasteiger partial charge in [0.2, 0.25) is 0 Å². The largest absolute Gasteiger partial charge is 0.453 e. The fraction of sp³-hybridized carbons (Fsp3) is 0.250. The highest BCUT2D eigenvalue weighted by atomic mass is 127. The number of para-hydroxylation sites is 1. The zero-order chi connectivity index (χ0) is 15.0. The van der Waals surface area contributed by atoms with E-state index in [1.165, 1.54) is 0 Å². The zero-order valence-electron chi connectivity index (χ0n) is 11.9. The molecule has 108 valence electrons. The first-order chi connectivity index (χ1) is 10.0. The van der Waals surface area contributed by atoms with E-state index in [1.54, 1.807) is 0 Å². The maximum atomic E-state index is 6.03. The van der Waals surface area contributed by atoms with Crippen molar-refractivity contribution in [3.63, 3.8) is 0 Å². The molecule has 2 heterocycles. The Labute approximate surface area is 136 Å². The lowest BCUT2D eigenvalue weighted by atomic mass is 10.1. The maximum Gasteiger partial charge on any atom is 0.197 e. The number of nitrogen functional groups attached to an aromatic ring is 1. The van der Waals surface area contributed by atoms with Crippen LogP contribution in [0.15, 0.2) is 34.7 Å². The minimum absolute atomic E-state index is 0.510. The lowest BCUT2D eigenvalue weighted by molar-refractivity contribution is 0.615. The third-order valence-corrected chi connectivity index (χ3v) is 4.37. The van der Waals surface area contributed by atoms with E-state index in [0.29, 0.717) is 23.3 Å². The Hall–Kier alpha value is -1.63. The normalized spacial score (nSPS) is 11.4. The van der Waals surface area contributed by atoms with Crippen molar-refractivity contribution in [3.05, 3.63) is 39.6 Å². The van der Waals surface area contributed by atoms with Gasteiger partial charge in [0.25, 0.3) is 0 Å². The summed E-state index contributed by atoms with van der Waals surface area (Å²) in [5.74, 6) is 2.23. The highest BCUT2D eigenvalue weighted by Gasteiger charge is 2.15. The standard InChI is InChI=1S/C16H16IN3O/c1-9(2)7-11-14(17)15(18)20-16(19-11)13-8-10-5-3-4-6-12(10)21-13/h3-6,8-9H,7H2,1-2H3,(H2,18,19,20). The van der Waals surface area contributed by atoms with Gasteiger partial charge in [-0.2, -0.15) is 0 Å². The van der Waals surface area contributed by atoms with Crippen molar-refractivity contribution >= 4 is 39.4 Å². The number of halogens is 1. The predicted octanol–water partition coefficient (Wildman–Crippen LogP) is 4.28.